The Morgan fingerprint density at radius 2 is 1.74 bits per heavy atom. The van der Waals surface area contributed by atoms with Crippen LogP contribution in [0.4, 0.5) is 0 Å². The molecule has 0 aliphatic rings. The largest absolute Gasteiger partial charge is 0.366 e. The molecule has 0 aliphatic heterocycles. The summed E-state index contributed by atoms with van der Waals surface area (Å²) in [6, 6.07) is 4.91. The Morgan fingerprint density at radius 1 is 1.05 bits per heavy atom. The number of carbonyl (C=O) groups is 1. The zero-order valence-corrected chi connectivity index (χ0v) is 9.48. The van der Waals surface area contributed by atoms with Gasteiger partial charge in [0.15, 0.2) is 11.5 Å². The predicted molar refractivity (Wildman–Crippen MR) is 61.5 cm³/mol. The summed E-state index contributed by atoms with van der Waals surface area (Å²) in [5.41, 5.74) is 6.78. The lowest BCUT2D eigenvalue weighted by atomic mass is 10.0. The number of amides is 1. The molecule has 2 heterocycles. The number of hydrogen-bond acceptors (Lipinski definition) is 7. The van der Waals surface area contributed by atoms with E-state index in [1.165, 1.54) is 12.4 Å². The molecule has 3 aromatic rings. The minimum Gasteiger partial charge on any atom is -0.366 e. The van der Waals surface area contributed by atoms with Crippen molar-refractivity contribution in [2.24, 2.45) is 5.73 Å². The summed E-state index contributed by atoms with van der Waals surface area (Å²) in [7, 11) is 0. The quantitative estimate of drug-likeness (QED) is 0.739. The van der Waals surface area contributed by atoms with Crippen molar-refractivity contribution in [2.75, 3.05) is 0 Å². The van der Waals surface area contributed by atoms with Crippen molar-refractivity contribution in [3.63, 3.8) is 0 Å². The molecule has 0 aliphatic carbocycles. The molecule has 3 rings (SSSR count). The van der Waals surface area contributed by atoms with E-state index >= 15 is 0 Å². The van der Waals surface area contributed by atoms with Gasteiger partial charge < -0.3 is 14.8 Å². The van der Waals surface area contributed by atoms with Gasteiger partial charge in [-0.3, -0.25) is 4.79 Å². The second-order valence-corrected chi connectivity index (χ2v) is 3.69. The number of primary amides is 1. The molecule has 0 fully saturated rings. The molecule has 0 saturated carbocycles. The molecule has 0 radical (unpaired) electrons. The van der Waals surface area contributed by atoms with Gasteiger partial charge in [-0.2, -0.15) is 0 Å². The van der Waals surface area contributed by atoms with E-state index in [1.807, 2.05) is 0 Å². The minimum atomic E-state index is -0.575. The van der Waals surface area contributed by atoms with E-state index in [4.69, 9.17) is 14.8 Å². The third-order valence-corrected chi connectivity index (χ3v) is 2.56. The van der Waals surface area contributed by atoms with Crippen LogP contribution in [0.3, 0.4) is 0 Å². The van der Waals surface area contributed by atoms with Crippen molar-refractivity contribution < 1.29 is 13.8 Å². The summed E-state index contributed by atoms with van der Waals surface area (Å²) >= 11 is 0. The standard InChI is InChI=1S/C11H7N5O3/c12-11(17)7-2-1-6(9-4-13-15-18-9)3-8(7)10-5-14-16-19-10/h1-5H,(H2,12,17). The van der Waals surface area contributed by atoms with Crippen LogP contribution in [0.25, 0.3) is 22.6 Å². The Kier molecular flexibility index (Phi) is 2.53. The lowest BCUT2D eigenvalue weighted by Crippen LogP contribution is -2.12. The Hall–Kier alpha value is -3.03. The summed E-state index contributed by atoms with van der Waals surface area (Å²) in [6.07, 6.45) is 2.85. The maximum absolute atomic E-state index is 11.4. The summed E-state index contributed by atoms with van der Waals surface area (Å²) in [6.45, 7) is 0. The fourth-order valence-corrected chi connectivity index (χ4v) is 1.70. The smallest absolute Gasteiger partial charge is 0.249 e. The number of nitrogens with zero attached hydrogens (tertiary/aromatic N) is 4. The second kappa shape index (κ2) is 4.33. The van der Waals surface area contributed by atoms with Crippen LogP contribution in [0, 0.1) is 0 Å². The first-order chi connectivity index (χ1) is 9.25. The molecule has 0 bridgehead atoms. The maximum atomic E-state index is 11.4. The van der Waals surface area contributed by atoms with E-state index < -0.39 is 5.91 Å². The van der Waals surface area contributed by atoms with Crippen molar-refractivity contribution in [2.45, 2.75) is 0 Å². The van der Waals surface area contributed by atoms with E-state index in [0.29, 0.717) is 28.2 Å². The Balaban J connectivity index is 2.18. The molecule has 1 aromatic carbocycles. The SMILES string of the molecule is NC(=O)c1ccc(-c2cnno2)cc1-c1cnno1. The topological polar surface area (TPSA) is 121 Å². The zero-order valence-electron chi connectivity index (χ0n) is 9.48. The number of rotatable bonds is 3. The molecule has 2 N–H and O–H groups in total. The summed E-state index contributed by atoms with van der Waals surface area (Å²) < 4.78 is 9.91. The van der Waals surface area contributed by atoms with Crippen molar-refractivity contribution >= 4 is 5.91 Å². The fourth-order valence-electron chi connectivity index (χ4n) is 1.70. The molecule has 0 atom stereocenters. The zero-order chi connectivity index (χ0) is 13.2. The molecule has 2 aromatic heterocycles. The van der Waals surface area contributed by atoms with E-state index in [0.717, 1.165) is 0 Å². The average Bonchev–Trinajstić information content (AvgIpc) is 3.11. The first kappa shape index (κ1) is 11.1. The van der Waals surface area contributed by atoms with E-state index in [9.17, 15) is 4.79 Å². The number of benzene rings is 1. The lowest BCUT2D eigenvalue weighted by Gasteiger charge is -2.04. The average molecular weight is 257 g/mol. The van der Waals surface area contributed by atoms with Crippen LogP contribution in [0.5, 0.6) is 0 Å². The van der Waals surface area contributed by atoms with Crippen LogP contribution < -0.4 is 5.73 Å². The predicted octanol–water partition coefficient (Wildman–Crippen LogP) is 0.885. The van der Waals surface area contributed by atoms with Gasteiger partial charge in [0.2, 0.25) is 5.91 Å². The normalized spacial score (nSPS) is 10.5. The Labute approximate surface area is 106 Å². The monoisotopic (exact) mass is 257 g/mol. The summed E-state index contributed by atoms with van der Waals surface area (Å²) in [5.74, 6) is 0.224. The van der Waals surface area contributed by atoms with E-state index in [-0.39, 0.29) is 0 Å². The highest BCUT2D eigenvalue weighted by atomic mass is 16.5. The number of nitrogens with two attached hydrogens (primary N) is 1. The highest BCUT2D eigenvalue weighted by Crippen LogP contribution is 2.28. The van der Waals surface area contributed by atoms with Gasteiger partial charge >= 0.3 is 0 Å². The van der Waals surface area contributed by atoms with Gasteiger partial charge in [0.25, 0.3) is 0 Å². The van der Waals surface area contributed by atoms with Gasteiger partial charge in [0, 0.05) is 21.7 Å². The van der Waals surface area contributed by atoms with Crippen molar-refractivity contribution in [3.05, 3.63) is 36.2 Å². The summed E-state index contributed by atoms with van der Waals surface area (Å²) in [4.78, 5) is 11.4. The van der Waals surface area contributed by atoms with Gasteiger partial charge in [-0.1, -0.05) is 6.07 Å². The van der Waals surface area contributed by atoms with Crippen LogP contribution in [-0.2, 0) is 0 Å². The molecule has 0 unspecified atom stereocenters. The highest BCUT2D eigenvalue weighted by Gasteiger charge is 2.16. The van der Waals surface area contributed by atoms with Crippen molar-refractivity contribution in [1.82, 2.24) is 20.7 Å². The van der Waals surface area contributed by atoms with Crippen LogP contribution >= 0.6 is 0 Å². The van der Waals surface area contributed by atoms with E-state index in [1.54, 1.807) is 18.2 Å². The minimum absolute atomic E-state index is 0.301. The first-order valence-corrected chi connectivity index (χ1v) is 5.25. The molecule has 1 amide bonds. The number of carbonyl (C=O) groups excluding carboxylic acids is 1. The van der Waals surface area contributed by atoms with Crippen LogP contribution in [-0.4, -0.2) is 26.6 Å². The molecule has 8 nitrogen and oxygen atoms in total. The highest BCUT2D eigenvalue weighted by molar-refractivity contribution is 6.00. The second-order valence-electron chi connectivity index (χ2n) is 3.69. The van der Waals surface area contributed by atoms with Gasteiger partial charge in [-0.05, 0) is 12.1 Å². The third kappa shape index (κ3) is 1.95. The molecule has 94 valence electrons. The number of hydrogen-bond donors (Lipinski definition) is 1. The third-order valence-electron chi connectivity index (χ3n) is 2.56. The lowest BCUT2D eigenvalue weighted by molar-refractivity contribution is 0.100. The molecule has 0 saturated heterocycles. The molecule has 8 heteroatoms. The molecular formula is C11H7N5O3. The Bertz CT molecular complexity index is 706. The summed E-state index contributed by atoms with van der Waals surface area (Å²) in [5, 5.41) is 13.9. The van der Waals surface area contributed by atoms with Crippen LogP contribution in [0.1, 0.15) is 10.4 Å². The first-order valence-electron chi connectivity index (χ1n) is 5.25. The molecule has 19 heavy (non-hydrogen) atoms. The van der Waals surface area contributed by atoms with Crippen LogP contribution in [0.2, 0.25) is 0 Å². The van der Waals surface area contributed by atoms with Gasteiger partial charge in [0.1, 0.15) is 0 Å². The Morgan fingerprint density at radius 3 is 2.32 bits per heavy atom. The molecular weight excluding hydrogens is 250 g/mol. The molecule has 0 spiro atoms. The maximum Gasteiger partial charge on any atom is 0.249 e. The van der Waals surface area contributed by atoms with Gasteiger partial charge in [0.05, 0.1) is 18.0 Å². The number of aromatic nitrogens is 4. The van der Waals surface area contributed by atoms with Crippen molar-refractivity contribution in [3.8, 4) is 22.6 Å². The van der Waals surface area contributed by atoms with Gasteiger partial charge in [-0.15, -0.1) is 10.2 Å². The van der Waals surface area contributed by atoms with Crippen LogP contribution in [0.15, 0.2) is 39.6 Å². The van der Waals surface area contributed by atoms with E-state index in [2.05, 4.69) is 20.7 Å². The fraction of sp³-hybridized carbons (Fsp3) is 0. The van der Waals surface area contributed by atoms with Crippen molar-refractivity contribution in [1.29, 1.82) is 0 Å². The van der Waals surface area contributed by atoms with Gasteiger partial charge in [-0.25, -0.2) is 0 Å².